The van der Waals surface area contributed by atoms with Crippen molar-refractivity contribution in [2.75, 3.05) is 11.9 Å². The summed E-state index contributed by atoms with van der Waals surface area (Å²) in [5, 5.41) is 9.36. The molecule has 0 aliphatic carbocycles. The van der Waals surface area contributed by atoms with E-state index in [1.165, 1.54) is 41.6 Å². The number of benzene rings is 2. The van der Waals surface area contributed by atoms with Crippen LogP contribution in [0.25, 0.3) is 0 Å². The summed E-state index contributed by atoms with van der Waals surface area (Å²) in [6.45, 7) is 0.361. The van der Waals surface area contributed by atoms with Crippen LogP contribution < -0.4 is 21.1 Å². The van der Waals surface area contributed by atoms with Crippen molar-refractivity contribution in [3.8, 4) is 11.5 Å². The van der Waals surface area contributed by atoms with Gasteiger partial charge in [-0.05, 0) is 67.9 Å². The number of amides is 2. The van der Waals surface area contributed by atoms with Crippen LogP contribution in [0.3, 0.4) is 0 Å². The molecule has 0 aliphatic heterocycles. The van der Waals surface area contributed by atoms with Gasteiger partial charge >= 0.3 is 0 Å². The van der Waals surface area contributed by atoms with Gasteiger partial charge < -0.3 is 21.1 Å². The molecule has 9 nitrogen and oxygen atoms in total. The number of halogens is 1. The number of carbonyl (C=O) groups is 2. The normalized spacial score (nSPS) is 11.5. The molecule has 1 atom stereocenters. The number of nitrogens with zero attached hydrogens (tertiary/aromatic N) is 3. The van der Waals surface area contributed by atoms with E-state index in [1.807, 2.05) is 0 Å². The number of carbonyl (C=O) groups excluding carboxylic acids is 2. The van der Waals surface area contributed by atoms with E-state index in [4.69, 9.17) is 10.5 Å². The molecule has 1 heterocycles. The van der Waals surface area contributed by atoms with Crippen LogP contribution in [0.4, 0.5) is 10.1 Å². The molecule has 2 amide bonds. The van der Waals surface area contributed by atoms with Crippen molar-refractivity contribution in [2.45, 2.75) is 25.4 Å². The van der Waals surface area contributed by atoms with E-state index in [0.29, 0.717) is 36.6 Å². The van der Waals surface area contributed by atoms with E-state index in [1.54, 1.807) is 24.3 Å². The van der Waals surface area contributed by atoms with Crippen molar-refractivity contribution >= 4 is 17.5 Å². The summed E-state index contributed by atoms with van der Waals surface area (Å²) in [5.74, 6) is -0.0261. The molecule has 162 valence electrons. The van der Waals surface area contributed by atoms with E-state index in [2.05, 4.69) is 20.7 Å². The Labute approximate surface area is 178 Å². The Kier molecular flexibility index (Phi) is 7.66. The van der Waals surface area contributed by atoms with Crippen LogP contribution in [-0.2, 0) is 16.1 Å². The highest BCUT2D eigenvalue weighted by molar-refractivity contribution is 5.97. The van der Waals surface area contributed by atoms with E-state index in [0.717, 1.165) is 0 Å². The van der Waals surface area contributed by atoms with Gasteiger partial charge in [-0.25, -0.2) is 14.1 Å². The van der Waals surface area contributed by atoms with Crippen molar-refractivity contribution in [2.24, 2.45) is 5.73 Å². The molecule has 0 aliphatic rings. The minimum absolute atomic E-state index is 0.0399. The van der Waals surface area contributed by atoms with Crippen LogP contribution in [-0.4, -0.2) is 39.2 Å². The SMILES string of the molecule is NCCCC(NC(=O)Cn1cncn1)C(=O)Nc1ccc(Oc2ccc(F)cc2)cc1. The Morgan fingerprint density at radius 1 is 1.10 bits per heavy atom. The number of aromatic nitrogens is 3. The first-order valence-corrected chi connectivity index (χ1v) is 9.69. The maximum atomic E-state index is 13.0. The number of nitrogens with two attached hydrogens (primary N) is 1. The number of ether oxygens (including phenoxy) is 1. The van der Waals surface area contributed by atoms with Gasteiger partial charge in [0.2, 0.25) is 11.8 Å². The Morgan fingerprint density at radius 2 is 1.77 bits per heavy atom. The van der Waals surface area contributed by atoms with Crippen molar-refractivity contribution in [3.63, 3.8) is 0 Å². The smallest absolute Gasteiger partial charge is 0.246 e. The molecule has 1 aromatic heterocycles. The lowest BCUT2D eigenvalue weighted by molar-refractivity contribution is -0.127. The largest absolute Gasteiger partial charge is 0.457 e. The molecule has 10 heteroatoms. The minimum atomic E-state index is -0.741. The highest BCUT2D eigenvalue weighted by atomic mass is 19.1. The lowest BCUT2D eigenvalue weighted by Crippen LogP contribution is -2.45. The number of nitrogens with one attached hydrogen (secondary N) is 2. The van der Waals surface area contributed by atoms with Crippen LogP contribution in [0.15, 0.2) is 61.2 Å². The molecule has 0 fully saturated rings. The second-order valence-corrected chi connectivity index (χ2v) is 6.71. The van der Waals surface area contributed by atoms with E-state index >= 15 is 0 Å². The van der Waals surface area contributed by atoms with E-state index in [-0.39, 0.29) is 24.2 Å². The van der Waals surface area contributed by atoms with Crippen molar-refractivity contribution in [1.29, 1.82) is 0 Å². The quantitative estimate of drug-likeness (QED) is 0.456. The predicted octanol–water partition coefficient (Wildman–Crippen LogP) is 2.07. The molecule has 3 rings (SSSR count). The molecule has 0 spiro atoms. The monoisotopic (exact) mass is 426 g/mol. The summed E-state index contributed by atoms with van der Waals surface area (Å²) in [4.78, 5) is 28.7. The zero-order valence-electron chi connectivity index (χ0n) is 16.7. The third kappa shape index (κ3) is 6.89. The second kappa shape index (κ2) is 10.8. The maximum Gasteiger partial charge on any atom is 0.246 e. The third-order valence-corrected chi connectivity index (χ3v) is 4.29. The van der Waals surface area contributed by atoms with E-state index in [9.17, 15) is 14.0 Å². The molecular weight excluding hydrogens is 403 g/mol. The van der Waals surface area contributed by atoms with Gasteiger partial charge in [0.05, 0.1) is 0 Å². The molecule has 2 aromatic carbocycles. The molecule has 0 radical (unpaired) electrons. The van der Waals surface area contributed by atoms with Crippen LogP contribution in [0.5, 0.6) is 11.5 Å². The summed E-state index contributed by atoms with van der Waals surface area (Å²) >= 11 is 0. The fourth-order valence-corrected chi connectivity index (χ4v) is 2.77. The average molecular weight is 426 g/mol. The third-order valence-electron chi connectivity index (χ3n) is 4.29. The summed E-state index contributed by atoms with van der Waals surface area (Å²) < 4.78 is 20.0. The van der Waals surface area contributed by atoms with Crippen LogP contribution in [0.2, 0.25) is 0 Å². The topological polar surface area (TPSA) is 124 Å². The summed E-state index contributed by atoms with van der Waals surface area (Å²) in [5.41, 5.74) is 6.10. The fraction of sp³-hybridized carbons (Fsp3) is 0.238. The molecule has 0 bridgehead atoms. The molecule has 3 aromatic rings. The van der Waals surface area contributed by atoms with Gasteiger partial charge in [-0.1, -0.05) is 0 Å². The Morgan fingerprint density at radius 3 is 2.39 bits per heavy atom. The van der Waals surface area contributed by atoms with Gasteiger partial charge in [-0.2, -0.15) is 5.10 Å². The van der Waals surface area contributed by atoms with Crippen molar-refractivity contribution < 1.29 is 18.7 Å². The number of hydrogen-bond donors (Lipinski definition) is 3. The zero-order chi connectivity index (χ0) is 22.1. The fourth-order valence-electron chi connectivity index (χ4n) is 2.77. The highest BCUT2D eigenvalue weighted by Gasteiger charge is 2.20. The van der Waals surface area contributed by atoms with Gasteiger partial charge in [0.1, 0.15) is 42.6 Å². The lowest BCUT2D eigenvalue weighted by atomic mass is 10.1. The first kappa shape index (κ1) is 21.9. The molecule has 0 saturated carbocycles. The van der Waals surface area contributed by atoms with Crippen LogP contribution in [0.1, 0.15) is 12.8 Å². The minimum Gasteiger partial charge on any atom is -0.457 e. The Hall–Kier alpha value is -3.79. The average Bonchev–Trinajstić information content (AvgIpc) is 3.27. The zero-order valence-corrected chi connectivity index (χ0v) is 16.7. The predicted molar refractivity (Wildman–Crippen MR) is 112 cm³/mol. The maximum absolute atomic E-state index is 13.0. The molecule has 0 saturated heterocycles. The van der Waals surface area contributed by atoms with Gasteiger partial charge in [0.25, 0.3) is 0 Å². The van der Waals surface area contributed by atoms with Gasteiger partial charge in [0.15, 0.2) is 0 Å². The first-order chi connectivity index (χ1) is 15.0. The second-order valence-electron chi connectivity index (χ2n) is 6.71. The molecular formula is C21H23FN6O3. The van der Waals surface area contributed by atoms with E-state index < -0.39 is 6.04 Å². The van der Waals surface area contributed by atoms with Crippen LogP contribution in [0, 0.1) is 5.82 Å². The van der Waals surface area contributed by atoms with Crippen molar-refractivity contribution in [1.82, 2.24) is 20.1 Å². The highest BCUT2D eigenvalue weighted by Crippen LogP contribution is 2.23. The summed E-state index contributed by atoms with van der Waals surface area (Å²) in [6, 6.07) is 11.6. The number of hydrogen-bond acceptors (Lipinski definition) is 6. The first-order valence-electron chi connectivity index (χ1n) is 9.69. The standard InChI is InChI=1S/C21H23FN6O3/c22-15-3-7-17(8-4-15)31-18-9-5-16(6-10-18)26-21(30)19(2-1-11-23)27-20(29)12-28-14-24-13-25-28/h3-10,13-14,19H,1-2,11-12,23H2,(H,26,30)(H,27,29). The number of anilines is 1. The molecule has 31 heavy (non-hydrogen) atoms. The lowest BCUT2D eigenvalue weighted by Gasteiger charge is -2.18. The van der Waals surface area contributed by atoms with Crippen molar-refractivity contribution in [3.05, 3.63) is 67.0 Å². The molecule has 1 unspecified atom stereocenters. The molecule has 4 N–H and O–H groups in total. The Balaban J connectivity index is 1.58. The van der Waals surface area contributed by atoms with Crippen LogP contribution >= 0.6 is 0 Å². The summed E-state index contributed by atoms with van der Waals surface area (Å²) in [7, 11) is 0. The number of rotatable bonds is 10. The Bertz CT molecular complexity index is 977. The summed E-state index contributed by atoms with van der Waals surface area (Å²) in [6.07, 6.45) is 3.72. The van der Waals surface area contributed by atoms with Gasteiger partial charge in [-0.15, -0.1) is 0 Å². The van der Waals surface area contributed by atoms with Gasteiger partial charge in [0, 0.05) is 5.69 Å². The van der Waals surface area contributed by atoms with Gasteiger partial charge in [-0.3, -0.25) is 9.59 Å².